The second kappa shape index (κ2) is 7.22. The Balaban J connectivity index is 1.68. The van der Waals surface area contributed by atoms with Gasteiger partial charge in [0.15, 0.2) is 0 Å². The average molecular weight is 437 g/mol. The molecule has 2 heterocycles. The fourth-order valence-electron chi connectivity index (χ4n) is 3.37. The third-order valence-electron chi connectivity index (χ3n) is 4.72. The monoisotopic (exact) mass is 435 g/mol. The molecule has 1 fully saturated rings. The Labute approximate surface area is 165 Å². The molecule has 0 unspecified atom stereocenters. The van der Waals surface area contributed by atoms with E-state index in [1.54, 1.807) is 0 Å². The number of aliphatic imine (C=N–C) groups is 1. The Morgan fingerprint density at radius 2 is 1.96 bits per heavy atom. The molecule has 2 N–H and O–H groups in total. The van der Waals surface area contributed by atoms with E-state index >= 15 is 0 Å². The minimum Gasteiger partial charge on any atom is -0.371 e. The second-order valence-electron chi connectivity index (χ2n) is 6.43. The number of anilines is 2. The Bertz CT molecular complexity index is 818. The summed E-state index contributed by atoms with van der Waals surface area (Å²) in [4.78, 5) is 4.96. The topological polar surface area (TPSA) is 36.4 Å². The number of thioether (sulfide) groups is 1. The lowest BCUT2D eigenvalue weighted by Crippen LogP contribution is -2.54. The number of nitrogens with one attached hydrogen (secondary N) is 2. The maximum absolute atomic E-state index is 6.11. The third kappa shape index (κ3) is 3.69. The maximum atomic E-state index is 6.11. The summed E-state index contributed by atoms with van der Waals surface area (Å²) in [6, 6.07) is 14.2. The van der Waals surface area contributed by atoms with Crippen molar-refractivity contribution in [2.45, 2.75) is 24.9 Å². The SMILES string of the molecule is Clc1cccc(CN=C2Nc3cc(Br)ccc3NC23CCSCC3)c1. The number of nitrogens with zero attached hydrogens (tertiary/aromatic N) is 1. The lowest BCUT2D eigenvalue weighted by atomic mass is 9.87. The van der Waals surface area contributed by atoms with Crippen molar-refractivity contribution in [2.75, 3.05) is 22.1 Å². The molecule has 130 valence electrons. The van der Waals surface area contributed by atoms with E-state index in [1.165, 1.54) is 0 Å². The van der Waals surface area contributed by atoms with Crippen LogP contribution in [0.5, 0.6) is 0 Å². The highest BCUT2D eigenvalue weighted by Gasteiger charge is 2.41. The van der Waals surface area contributed by atoms with Crippen LogP contribution in [0.2, 0.25) is 5.02 Å². The summed E-state index contributed by atoms with van der Waals surface area (Å²) in [6.07, 6.45) is 2.16. The zero-order valence-corrected chi connectivity index (χ0v) is 16.8. The lowest BCUT2D eigenvalue weighted by molar-refractivity contribution is 0.559. The van der Waals surface area contributed by atoms with Gasteiger partial charge in [-0.2, -0.15) is 11.8 Å². The molecule has 0 radical (unpaired) electrons. The normalized spacial score (nSPS) is 20.0. The number of halogens is 2. The summed E-state index contributed by atoms with van der Waals surface area (Å²) in [5, 5.41) is 8.14. The first-order chi connectivity index (χ1) is 12.1. The van der Waals surface area contributed by atoms with Crippen LogP contribution in [0.25, 0.3) is 0 Å². The van der Waals surface area contributed by atoms with Crippen molar-refractivity contribution in [3.05, 3.63) is 57.5 Å². The van der Waals surface area contributed by atoms with Crippen molar-refractivity contribution in [3.8, 4) is 0 Å². The van der Waals surface area contributed by atoms with E-state index in [4.69, 9.17) is 16.6 Å². The van der Waals surface area contributed by atoms with Crippen LogP contribution in [0.3, 0.4) is 0 Å². The molecule has 0 aliphatic carbocycles. The molecule has 0 aromatic heterocycles. The van der Waals surface area contributed by atoms with Gasteiger partial charge in [-0.1, -0.05) is 39.7 Å². The number of fused-ring (bicyclic) bond motifs is 1. The molecule has 3 nitrogen and oxygen atoms in total. The van der Waals surface area contributed by atoms with Gasteiger partial charge in [-0.25, -0.2) is 0 Å². The van der Waals surface area contributed by atoms with E-state index in [2.05, 4.69) is 50.8 Å². The molecule has 0 bridgehead atoms. The first-order valence-corrected chi connectivity index (χ1v) is 10.7. The number of hydrogen-bond acceptors (Lipinski definition) is 3. The van der Waals surface area contributed by atoms with Crippen molar-refractivity contribution in [3.63, 3.8) is 0 Å². The molecule has 6 heteroatoms. The molecule has 0 atom stereocenters. The van der Waals surface area contributed by atoms with Gasteiger partial charge in [0, 0.05) is 9.50 Å². The van der Waals surface area contributed by atoms with E-state index in [0.29, 0.717) is 6.54 Å². The molecule has 0 amide bonds. The van der Waals surface area contributed by atoms with Gasteiger partial charge in [0.1, 0.15) is 5.84 Å². The molecule has 2 aliphatic heterocycles. The van der Waals surface area contributed by atoms with Crippen LogP contribution in [0.1, 0.15) is 18.4 Å². The molecule has 25 heavy (non-hydrogen) atoms. The van der Waals surface area contributed by atoms with E-state index in [1.807, 2.05) is 30.0 Å². The fourth-order valence-corrected chi connectivity index (χ4v) is 5.13. The zero-order valence-electron chi connectivity index (χ0n) is 13.7. The highest BCUT2D eigenvalue weighted by atomic mass is 79.9. The van der Waals surface area contributed by atoms with Crippen molar-refractivity contribution >= 4 is 56.5 Å². The van der Waals surface area contributed by atoms with Gasteiger partial charge in [-0.15, -0.1) is 0 Å². The summed E-state index contributed by atoms with van der Waals surface area (Å²) in [7, 11) is 0. The van der Waals surface area contributed by atoms with Gasteiger partial charge < -0.3 is 10.6 Å². The van der Waals surface area contributed by atoms with E-state index in [-0.39, 0.29) is 5.54 Å². The van der Waals surface area contributed by atoms with Crippen LogP contribution in [0, 0.1) is 0 Å². The summed E-state index contributed by atoms with van der Waals surface area (Å²) >= 11 is 11.7. The van der Waals surface area contributed by atoms with Crippen molar-refractivity contribution in [1.29, 1.82) is 0 Å². The first kappa shape index (κ1) is 17.3. The van der Waals surface area contributed by atoms with Crippen molar-refractivity contribution in [1.82, 2.24) is 0 Å². The minimum absolute atomic E-state index is 0.0926. The van der Waals surface area contributed by atoms with Gasteiger partial charge in [0.2, 0.25) is 0 Å². The van der Waals surface area contributed by atoms with E-state index in [9.17, 15) is 0 Å². The van der Waals surface area contributed by atoms with E-state index in [0.717, 1.165) is 56.6 Å². The molecular formula is C19H19BrClN3S. The van der Waals surface area contributed by atoms with Crippen LogP contribution >= 0.6 is 39.3 Å². The van der Waals surface area contributed by atoms with Gasteiger partial charge in [0.05, 0.1) is 23.5 Å². The summed E-state index contributed by atoms with van der Waals surface area (Å²) < 4.78 is 1.06. The van der Waals surface area contributed by atoms with Gasteiger partial charge in [0.25, 0.3) is 0 Å². The molecule has 1 spiro atoms. The highest BCUT2D eigenvalue weighted by molar-refractivity contribution is 9.10. The van der Waals surface area contributed by atoms with Crippen LogP contribution in [-0.4, -0.2) is 22.9 Å². The Kier molecular flexibility index (Phi) is 4.98. The van der Waals surface area contributed by atoms with E-state index < -0.39 is 0 Å². The molecule has 1 saturated heterocycles. The summed E-state index contributed by atoms with van der Waals surface area (Å²) in [5.41, 5.74) is 3.26. The smallest absolute Gasteiger partial charge is 0.127 e. The largest absolute Gasteiger partial charge is 0.371 e. The highest BCUT2D eigenvalue weighted by Crippen LogP contribution is 2.39. The summed E-state index contributed by atoms with van der Waals surface area (Å²) in [6.45, 7) is 0.628. The standard InChI is InChI=1S/C19H19BrClN3S/c20-14-4-5-16-17(11-14)23-18(19(24-16)6-8-25-9-7-19)22-12-13-2-1-3-15(21)10-13/h1-5,10-11,24H,6-9,12H2,(H,22,23). The number of rotatable bonds is 2. The van der Waals surface area contributed by atoms with Crippen molar-refractivity contribution in [2.24, 2.45) is 4.99 Å². The molecule has 2 aromatic carbocycles. The van der Waals surface area contributed by atoms with Crippen LogP contribution in [0.4, 0.5) is 11.4 Å². The Morgan fingerprint density at radius 1 is 1.12 bits per heavy atom. The van der Waals surface area contributed by atoms with Gasteiger partial charge in [-0.05, 0) is 60.2 Å². The Morgan fingerprint density at radius 3 is 2.76 bits per heavy atom. The fraction of sp³-hybridized carbons (Fsp3) is 0.316. The van der Waals surface area contributed by atoms with Crippen LogP contribution < -0.4 is 10.6 Å². The predicted octanol–water partition coefficient (Wildman–Crippen LogP) is 5.80. The Hall–Kier alpha value is -1.17. The van der Waals surface area contributed by atoms with Gasteiger partial charge in [-0.3, -0.25) is 4.99 Å². The quantitative estimate of drug-likeness (QED) is 0.624. The summed E-state index contributed by atoms with van der Waals surface area (Å²) in [5.74, 6) is 3.34. The first-order valence-electron chi connectivity index (χ1n) is 8.37. The zero-order chi connectivity index (χ0) is 17.3. The number of benzene rings is 2. The van der Waals surface area contributed by atoms with Crippen molar-refractivity contribution < 1.29 is 0 Å². The number of amidine groups is 1. The molecular weight excluding hydrogens is 418 g/mol. The molecule has 4 rings (SSSR count). The van der Waals surface area contributed by atoms with Gasteiger partial charge >= 0.3 is 0 Å². The molecule has 2 aromatic rings. The molecule has 2 aliphatic rings. The predicted molar refractivity (Wildman–Crippen MR) is 113 cm³/mol. The van der Waals surface area contributed by atoms with Crippen LogP contribution in [0.15, 0.2) is 51.9 Å². The third-order valence-corrected chi connectivity index (χ3v) is 6.43. The second-order valence-corrected chi connectivity index (χ2v) is 9.01. The number of hydrogen-bond donors (Lipinski definition) is 2. The maximum Gasteiger partial charge on any atom is 0.127 e. The molecule has 0 saturated carbocycles. The van der Waals surface area contributed by atoms with Crippen LogP contribution in [-0.2, 0) is 6.54 Å². The average Bonchev–Trinajstić information content (AvgIpc) is 2.61. The minimum atomic E-state index is -0.0926. The lowest BCUT2D eigenvalue weighted by Gasteiger charge is -2.43.